The second-order valence-electron chi connectivity index (χ2n) is 4.95. The fourth-order valence-corrected chi connectivity index (χ4v) is 2.12. The molecule has 98 valence electrons. The van der Waals surface area contributed by atoms with Crippen molar-refractivity contribution in [3.05, 3.63) is 0 Å². The molecule has 0 aliphatic heterocycles. The van der Waals surface area contributed by atoms with Crippen LogP contribution in [0.15, 0.2) is 0 Å². The van der Waals surface area contributed by atoms with Gasteiger partial charge in [0.25, 0.3) is 0 Å². The first-order chi connectivity index (χ1) is 7.91. The molecule has 1 nitrogen and oxygen atoms in total. The fraction of sp³-hybridized carbons (Fsp3) is 1.00. The second kappa shape index (κ2) is 20.3. The first kappa shape index (κ1) is 21.3. The van der Waals surface area contributed by atoms with Crippen LogP contribution in [-0.4, -0.2) is 6.61 Å². The summed E-state index contributed by atoms with van der Waals surface area (Å²) in [5.41, 5.74) is 0. The van der Waals surface area contributed by atoms with Gasteiger partial charge in [0, 0.05) is 0 Å². The SMILES string of the molecule is CCCCCCCCCCCCCCC[O-].[Cs+]. The Morgan fingerprint density at radius 2 is 0.824 bits per heavy atom. The minimum atomic E-state index is 0. The molecule has 0 heterocycles. The molecular formula is C15H31CsO. The molecule has 0 atom stereocenters. The van der Waals surface area contributed by atoms with Crippen LogP contribution in [0.2, 0.25) is 0 Å². The van der Waals surface area contributed by atoms with Crippen molar-refractivity contribution in [3.63, 3.8) is 0 Å². The molecule has 17 heavy (non-hydrogen) atoms. The Balaban J connectivity index is 0. The van der Waals surface area contributed by atoms with E-state index in [-0.39, 0.29) is 75.5 Å². The van der Waals surface area contributed by atoms with Gasteiger partial charge in [0.05, 0.1) is 0 Å². The molecule has 0 aromatic heterocycles. The van der Waals surface area contributed by atoms with Gasteiger partial charge in [-0.1, -0.05) is 90.4 Å². The summed E-state index contributed by atoms with van der Waals surface area (Å²) in [7, 11) is 0. The molecule has 0 aromatic carbocycles. The molecule has 0 saturated heterocycles. The van der Waals surface area contributed by atoms with Gasteiger partial charge in [-0.3, -0.25) is 0 Å². The van der Waals surface area contributed by atoms with Crippen LogP contribution in [0, 0.1) is 0 Å². The molecule has 0 unspecified atom stereocenters. The zero-order chi connectivity index (χ0) is 11.9. The molecule has 0 aromatic rings. The molecule has 0 bridgehead atoms. The summed E-state index contributed by atoms with van der Waals surface area (Å²) in [6.45, 7) is 2.39. The predicted molar refractivity (Wildman–Crippen MR) is 70.6 cm³/mol. The molecule has 0 rings (SSSR count). The van der Waals surface area contributed by atoms with Crippen molar-refractivity contribution in [1.82, 2.24) is 0 Å². The van der Waals surface area contributed by atoms with Crippen molar-refractivity contribution in [1.29, 1.82) is 0 Å². The fourth-order valence-electron chi connectivity index (χ4n) is 2.12. The van der Waals surface area contributed by atoms with Crippen molar-refractivity contribution in [3.8, 4) is 0 Å². The van der Waals surface area contributed by atoms with Crippen LogP contribution in [0.4, 0.5) is 0 Å². The van der Waals surface area contributed by atoms with Crippen molar-refractivity contribution in [2.24, 2.45) is 0 Å². The first-order valence-electron chi connectivity index (χ1n) is 7.50. The number of rotatable bonds is 13. The maximum absolute atomic E-state index is 10.2. The summed E-state index contributed by atoms with van der Waals surface area (Å²) in [5.74, 6) is 0. The van der Waals surface area contributed by atoms with Crippen LogP contribution in [-0.2, 0) is 0 Å². The maximum Gasteiger partial charge on any atom is 1.00 e. The largest absolute Gasteiger partial charge is 1.00 e. The number of unbranched alkanes of at least 4 members (excludes halogenated alkanes) is 12. The van der Waals surface area contributed by atoms with E-state index in [1.165, 1.54) is 70.6 Å². The van der Waals surface area contributed by atoms with E-state index in [1.54, 1.807) is 0 Å². The van der Waals surface area contributed by atoms with Crippen LogP contribution < -0.4 is 74.0 Å². The van der Waals surface area contributed by atoms with E-state index in [1.807, 2.05) is 0 Å². The van der Waals surface area contributed by atoms with Gasteiger partial charge in [-0.2, -0.15) is 0 Å². The summed E-state index contributed by atoms with van der Waals surface area (Å²) < 4.78 is 0. The number of hydrogen-bond donors (Lipinski definition) is 0. The van der Waals surface area contributed by atoms with E-state index >= 15 is 0 Å². The van der Waals surface area contributed by atoms with Crippen LogP contribution in [0.1, 0.15) is 90.4 Å². The first-order valence-corrected chi connectivity index (χ1v) is 7.50. The Morgan fingerprint density at radius 1 is 0.529 bits per heavy atom. The summed E-state index contributed by atoms with van der Waals surface area (Å²) in [6, 6.07) is 0. The van der Waals surface area contributed by atoms with Crippen LogP contribution >= 0.6 is 0 Å². The monoisotopic (exact) mass is 360 g/mol. The molecule has 0 saturated carbocycles. The predicted octanol–water partition coefficient (Wildman–Crippen LogP) is 1.44. The molecule has 0 aliphatic rings. The Hall–Kier alpha value is 2.01. The Kier molecular flexibility index (Phi) is 25.5. The van der Waals surface area contributed by atoms with E-state index in [9.17, 15) is 5.11 Å². The van der Waals surface area contributed by atoms with Gasteiger partial charge in [0.15, 0.2) is 0 Å². The van der Waals surface area contributed by atoms with Gasteiger partial charge in [0.1, 0.15) is 0 Å². The van der Waals surface area contributed by atoms with E-state index in [0.29, 0.717) is 0 Å². The summed E-state index contributed by atoms with van der Waals surface area (Å²) >= 11 is 0. The zero-order valence-electron chi connectivity index (χ0n) is 12.3. The molecular weight excluding hydrogens is 329 g/mol. The van der Waals surface area contributed by atoms with Gasteiger partial charge in [-0.25, -0.2) is 0 Å². The average Bonchev–Trinajstić information content (AvgIpc) is 2.31. The third-order valence-corrected chi connectivity index (χ3v) is 3.25. The maximum atomic E-state index is 10.2. The van der Waals surface area contributed by atoms with Crippen molar-refractivity contribution >= 4 is 0 Å². The smallest absolute Gasteiger partial charge is 0.854 e. The van der Waals surface area contributed by atoms with Gasteiger partial charge in [-0.15, -0.1) is 6.61 Å². The minimum absolute atomic E-state index is 0. The molecule has 0 N–H and O–H groups in total. The molecule has 0 spiro atoms. The zero-order valence-corrected chi connectivity index (χ0v) is 18.6. The van der Waals surface area contributed by atoms with E-state index < -0.39 is 0 Å². The van der Waals surface area contributed by atoms with Gasteiger partial charge in [-0.05, 0) is 0 Å². The molecule has 0 radical (unpaired) electrons. The van der Waals surface area contributed by atoms with Crippen molar-refractivity contribution in [2.75, 3.05) is 6.61 Å². The Bertz CT molecular complexity index is 103. The summed E-state index contributed by atoms with van der Waals surface area (Å²) in [5, 5.41) is 10.2. The third kappa shape index (κ3) is 20.5. The Morgan fingerprint density at radius 3 is 1.12 bits per heavy atom. The number of hydrogen-bond acceptors (Lipinski definition) is 1. The van der Waals surface area contributed by atoms with Crippen LogP contribution in [0.3, 0.4) is 0 Å². The molecule has 0 fully saturated rings. The normalized spacial score (nSPS) is 10.2. The summed E-state index contributed by atoms with van der Waals surface area (Å²) in [4.78, 5) is 0. The average molecular weight is 360 g/mol. The van der Waals surface area contributed by atoms with Crippen LogP contribution in [0.5, 0.6) is 0 Å². The molecule has 0 amide bonds. The second-order valence-corrected chi connectivity index (χ2v) is 4.95. The van der Waals surface area contributed by atoms with Gasteiger partial charge in [0.2, 0.25) is 0 Å². The van der Waals surface area contributed by atoms with Gasteiger partial charge < -0.3 is 5.11 Å². The van der Waals surface area contributed by atoms with E-state index in [2.05, 4.69) is 6.92 Å². The summed E-state index contributed by atoms with van der Waals surface area (Å²) in [6.07, 6.45) is 17.4. The van der Waals surface area contributed by atoms with E-state index in [0.717, 1.165) is 12.8 Å². The molecule has 2 heteroatoms. The Labute approximate surface area is 168 Å². The van der Waals surface area contributed by atoms with Crippen LogP contribution in [0.25, 0.3) is 0 Å². The van der Waals surface area contributed by atoms with E-state index in [4.69, 9.17) is 0 Å². The van der Waals surface area contributed by atoms with Crippen molar-refractivity contribution in [2.45, 2.75) is 90.4 Å². The quantitative estimate of drug-likeness (QED) is 0.456. The van der Waals surface area contributed by atoms with Crippen molar-refractivity contribution < 1.29 is 74.0 Å². The topological polar surface area (TPSA) is 23.1 Å². The van der Waals surface area contributed by atoms with Gasteiger partial charge >= 0.3 is 68.9 Å². The third-order valence-electron chi connectivity index (χ3n) is 3.25. The molecule has 0 aliphatic carbocycles. The minimum Gasteiger partial charge on any atom is -0.854 e. The standard InChI is InChI=1S/C15H31O.Cs/c1-2-3-4-5-6-7-8-9-10-11-12-13-14-15-16;/h2-15H2,1H3;/q-1;+1.